The first-order valence-electron chi connectivity index (χ1n) is 5.57. The molecular weight excluding hydrogens is 234 g/mol. The maximum absolute atomic E-state index is 11.5. The zero-order chi connectivity index (χ0) is 13.2. The third kappa shape index (κ3) is 2.19. The van der Waals surface area contributed by atoms with Gasteiger partial charge in [0.1, 0.15) is 0 Å². The van der Waals surface area contributed by atoms with Gasteiger partial charge in [0, 0.05) is 6.20 Å². The minimum Gasteiger partial charge on any atom is -0.396 e. The van der Waals surface area contributed by atoms with Gasteiger partial charge in [-0.1, -0.05) is 6.07 Å². The van der Waals surface area contributed by atoms with E-state index in [-0.39, 0.29) is 6.61 Å². The molecule has 0 bridgehead atoms. The number of nitrogens with two attached hydrogens (primary N) is 1. The van der Waals surface area contributed by atoms with E-state index in [0.29, 0.717) is 12.1 Å². The Hall–Kier alpha value is -1.95. The highest BCUT2D eigenvalue weighted by atomic mass is 16.3. The highest BCUT2D eigenvalue weighted by Crippen LogP contribution is 2.51. The maximum atomic E-state index is 11.5. The van der Waals surface area contributed by atoms with Gasteiger partial charge in [-0.2, -0.15) is 0 Å². The number of amides is 2. The average molecular weight is 248 g/mol. The summed E-state index contributed by atoms with van der Waals surface area (Å²) >= 11 is 0. The number of nitrogens with one attached hydrogen (secondary N) is 1. The number of pyridine rings is 1. The van der Waals surface area contributed by atoms with Gasteiger partial charge in [-0.05, 0) is 18.6 Å². The lowest BCUT2D eigenvalue weighted by Gasteiger charge is -2.18. The number of hydrogen-bond acceptors (Lipinski definition) is 4. The minimum absolute atomic E-state index is 0.356. The quantitative estimate of drug-likeness (QED) is 0.627. The molecule has 1 fully saturated rings. The zero-order valence-electron chi connectivity index (χ0n) is 9.67. The molecule has 1 heterocycles. The summed E-state index contributed by atoms with van der Waals surface area (Å²) in [7, 11) is 0. The second kappa shape index (κ2) is 4.73. The molecule has 1 unspecified atom stereocenters. The molecule has 2 rings (SSSR count). The van der Waals surface area contributed by atoms with Gasteiger partial charge in [0.2, 0.25) is 11.8 Å². The van der Waals surface area contributed by atoms with Crippen LogP contribution < -0.4 is 11.1 Å². The Kier molecular flexibility index (Phi) is 3.29. The van der Waals surface area contributed by atoms with Crippen molar-refractivity contribution in [2.45, 2.75) is 12.0 Å². The summed E-state index contributed by atoms with van der Waals surface area (Å²) in [5.41, 5.74) is 5.06. The highest BCUT2D eigenvalue weighted by molar-refractivity contribution is 5.89. The number of aliphatic hydroxyl groups excluding tert-OH is 1. The molecule has 2 amide bonds. The third-order valence-electron chi connectivity index (χ3n) is 3.05. The van der Waals surface area contributed by atoms with Crippen molar-refractivity contribution in [2.24, 2.45) is 11.7 Å². The SMILES string of the molecule is NC(=O)C1C[C@@]1(NC(=O)[CH]CO)c1ccccn1. The first-order chi connectivity index (χ1) is 8.60. The lowest BCUT2D eigenvalue weighted by molar-refractivity contribution is -0.121. The van der Waals surface area contributed by atoms with Crippen molar-refractivity contribution in [3.63, 3.8) is 0 Å². The van der Waals surface area contributed by atoms with Gasteiger partial charge in [-0.25, -0.2) is 0 Å². The fourth-order valence-corrected chi connectivity index (χ4v) is 2.07. The molecule has 2 atom stereocenters. The molecule has 6 nitrogen and oxygen atoms in total. The molecule has 1 aliphatic rings. The Balaban J connectivity index is 2.22. The van der Waals surface area contributed by atoms with Crippen LogP contribution in [0.1, 0.15) is 12.1 Å². The number of aromatic nitrogens is 1. The Bertz CT molecular complexity index is 463. The Morgan fingerprint density at radius 1 is 1.61 bits per heavy atom. The molecular formula is C12H14N3O3. The number of rotatable bonds is 5. The van der Waals surface area contributed by atoms with Crippen LogP contribution in [0.3, 0.4) is 0 Å². The monoisotopic (exact) mass is 248 g/mol. The second-order valence-corrected chi connectivity index (χ2v) is 4.22. The van der Waals surface area contributed by atoms with E-state index in [2.05, 4.69) is 10.3 Å². The van der Waals surface area contributed by atoms with Gasteiger partial charge in [-0.3, -0.25) is 14.6 Å². The van der Waals surface area contributed by atoms with Gasteiger partial charge in [0.25, 0.3) is 0 Å². The molecule has 0 spiro atoms. The molecule has 1 aromatic heterocycles. The van der Waals surface area contributed by atoms with Crippen LogP contribution in [-0.2, 0) is 15.1 Å². The Labute approximate surface area is 104 Å². The fourth-order valence-electron chi connectivity index (χ4n) is 2.07. The van der Waals surface area contributed by atoms with Crippen LogP contribution in [0.2, 0.25) is 0 Å². The normalized spacial score (nSPS) is 25.5. The Morgan fingerprint density at radius 2 is 2.39 bits per heavy atom. The Morgan fingerprint density at radius 3 is 2.89 bits per heavy atom. The van der Waals surface area contributed by atoms with Gasteiger partial charge in [-0.15, -0.1) is 0 Å². The van der Waals surface area contributed by atoms with E-state index in [1.807, 2.05) is 0 Å². The summed E-state index contributed by atoms with van der Waals surface area (Å²) in [4.78, 5) is 27.0. The summed E-state index contributed by atoms with van der Waals surface area (Å²) in [5.74, 6) is -1.36. The van der Waals surface area contributed by atoms with Crippen molar-refractivity contribution < 1.29 is 14.7 Å². The molecule has 0 saturated heterocycles. The molecule has 0 aliphatic heterocycles. The van der Waals surface area contributed by atoms with E-state index >= 15 is 0 Å². The lowest BCUT2D eigenvalue weighted by atomic mass is 10.1. The number of hydrogen-bond donors (Lipinski definition) is 3. The largest absolute Gasteiger partial charge is 0.396 e. The van der Waals surface area contributed by atoms with Crippen LogP contribution in [0, 0.1) is 12.3 Å². The van der Waals surface area contributed by atoms with Gasteiger partial charge in [0.05, 0.1) is 30.2 Å². The van der Waals surface area contributed by atoms with Crippen LogP contribution in [0.15, 0.2) is 24.4 Å². The van der Waals surface area contributed by atoms with E-state index in [1.165, 1.54) is 0 Å². The van der Waals surface area contributed by atoms with E-state index < -0.39 is 23.3 Å². The second-order valence-electron chi connectivity index (χ2n) is 4.22. The first kappa shape index (κ1) is 12.5. The molecule has 0 aromatic carbocycles. The van der Waals surface area contributed by atoms with Gasteiger partial charge >= 0.3 is 0 Å². The molecule has 18 heavy (non-hydrogen) atoms. The predicted octanol–water partition coefficient (Wildman–Crippen LogP) is -0.905. The van der Waals surface area contributed by atoms with Crippen molar-refractivity contribution in [1.29, 1.82) is 0 Å². The molecule has 4 N–H and O–H groups in total. The summed E-state index contributed by atoms with van der Waals surface area (Å²) in [5, 5.41) is 11.4. The van der Waals surface area contributed by atoms with E-state index in [0.717, 1.165) is 6.42 Å². The van der Waals surface area contributed by atoms with Crippen molar-refractivity contribution in [1.82, 2.24) is 10.3 Å². The van der Waals surface area contributed by atoms with Crippen LogP contribution >= 0.6 is 0 Å². The first-order valence-corrected chi connectivity index (χ1v) is 5.57. The van der Waals surface area contributed by atoms with Crippen LogP contribution in [0.5, 0.6) is 0 Å². The van der Waals surface area contributed by atoms with Crippen molar-refractivity contribution in [2.75, 3.05) is 6.61 Å². The van der Waals surface area contributed by atoms with Crippen LogP contribution in [-0.4, -0.2) is 28.5 Å². The maximum Gasteiger partial charge on any atom is 0.227 e. The average Bonchev–Trinajstić information content (AvgIpc) is 3.06. The predicted molar refractivity (Wildman–Crippen MR) is 62.7 cm³/mol. The van der Waals surface area contributed by atoms with Gasteiger partial charge in [0.15, 0.2) is 0 Å². The number of carbonyl (C=O) groups excluding carboxylic acids is 2. The van der Waals surface area contributed by atoms with Gasteiger partial charge < -0.3 is 16.2 Å². The summed E-state index contributed by atoms with van der Waals surface area (Å²) in [6, 6.07) is 5.27. The smallest absolute Gasteiger partial charge is 0.227 e. The van der Waals surface area contributed by atoms with Crippen molar-refractivity contribution >= 4 is 11.8 Å². The highest BCUT2D eigenvalue weighted by Gasteiger charge is 2.60. The molecule has 6 heteroatoms. The summed E-state index contributed by atoms with van der Waals surface area (Å²) in [6.07, 6.45) is 3.13. The summed E-state index contributed by atoms with van der Waals surface area (Å²) < 4.78 is 0. The van der Waals surface area contributed by atoms with Crippen molar-refractivity contribution in [3.8, 4) is 0 Å². The number of primary amides is 1. The number of aliphatic hydroxyl groups is 1. The third-order valence-corrected chi connectivity index (χ3v) is 3.05. The summed E-state index contributed by atoms with van der Waals surface area (Å²) in [6.45, 7) is -0.356. The van der Waals surface area contributed by atoms with E-state index in [4.69, 9.17) is 10.8 Å². The van der Waals surface area contributed by atoms with E-state index in [1.54, 1.807) is 24.4 Å². The number of carbonyl (C=O) groups is 2. The standard InChI is InChI=1S/C12H14N3O3/c13-11(18)8-7-12(8,15-10(17)4-6-16)9-3-1-2-5-14-9/h1-5,8,16H,6-7H2,(H2,13,18)(H,15,17)/t8?,12-/m0/s1. The molecule has 1 radical (unpaired) electrons. The number of nitrogens with zero attached hydrogens (tertiary/aromatic N) is 1. The minimum atomic E-state index is -0.824. The topological polar surface area (TPSA) is 105 Å². The molecule has 1 aliphatic carbocycles. The lowest BCUT2D eigenvalue weighted by Crippen LogP contribution is -2.40. The molecule has 95 valence electrons. The zero-order valence-corrected chi connectivity index (χ0v) is 9.67. The molecule has 1 aromatic rings. The fraction of sp³-hybridized carbons (Fsp3) is 0.333. The molecule has 1 saturated carbocycles. The van der Waals surface area contributed by atoms with Crippen LogP contribution in [0.4, 0.5) is 0 Å². The van der Waals surface area contributed by atoms with Crippen molar-refractivity contribution in [3.05, 3.63) is 36.5 Å². The van der Waals surface area contributed by atoms with E-state index in [9.17, 15) is 9.59 Å². The van der Waals surface area contributed by atoms with Crippen LogP contribution in [0.25, 0.3) is 0 Å².